The summed E-state index contributed by atoms with van der Waals surface area (Å²) >= 11 is 1.75. The zero-order valence-electron chi connectivity index (χ0n) is 13.7. The van der Waals surface area contributed by atoms with Crippen LogP contribution in [-0.4, -0.2) is 35.7 Å². The topological polar surface area (TPSA) is 41.6 Å². The van der Waals surface area contributed by atoms with Crippen molar-refractivity contribution in [2.45, 2.75) is 58.2 Å². The number of carbonyl (C=O) groups is 1. The van der Waals surface area contributed by atoms with Crippen molar-refractivity contribution in [1.82, 2.24) is 10.2 Å². The highest BCUT2D eigenvalue weighted by Crippen LogP contribution is 2.54. The van der Waals surface area contributed by atoms with Crippen LogP contribution in [-0.2, 0) is 11.3 Å². The first-order chi connectivity index (χ1) is 10.4. The van der Waals surface area contributed by atoms with Crippen molar-refractivity contribution < 1.29 is 9.53 Å². The first-order valence-electron chi connectivity index (χ1n) is 8.10. The fourth-order valence-corrected chi connectivity index (χ4v) is 3.95. The molecule has 0 bridgehead atoms. The van der Waals surface area contributed by atoms with Gasteiger partial charge in [0, 0.05) is 25.7 Å². The van der Waals surface area contributed by atoms with E-state index in [-0.39, 0.29) is 6.09 Å². The molecule has 1 saturated carbocycles. The van der Waals surface area contributed by atoms with E-state index in [2.05, 4.69) is 22.1 Å². The molecule has 1 spiro atoms. The first kappa shape index (κ1) is 15.8. The van der Waals surface area contributed by atoms with E-state index < -0.39 is 5.60 Å². The lowest BCUT2D eigenvalue weighted by Crippen LogP contribution is -2.43. The Hall–Kier alpha value is -1.07. The molecule has 1 saturated heterocycles. The van der Waals surface area contributed by atoms with Gasteiger partial charge in [-0.05, 0) is 67.8 Å². The lowest BCUT2D eigenvalue weighted by atomic mass is 9.93. The van der Waals surface area contributed by atoms with Gasteiger partial charge in [0.15, 0.2) is 0 Å². The summed E-state index contributed by atoms with van der Waals surface area (Å²) < 4.78 is 5.46. The second-order valence-electron chi connectivity index (χ2n) is 7.60. The van der Waals surface area contributed by atoms with Gasteiger partial charge in [-0.15, -0.1) is 0 Å². The monoisotopic (exact) mass is 322 g/mol. The van der Waals surface area contributed by atoms with Gasteiger partial charge < -0.3 is 15.0 Å². The molecule has 1 atom stereocenters. The van der Waals surface area contributed by atoms with E-state index in [4.69, 9.17) is 4.74 Å². The molecule has 122 valence electrons. The van der Waals surface area contributed by atoms with Crippen LogP contribution < -0.4 is 5.32 Å². The van der Waals surface area contributed by atoms with Crippen LogP contribution >= 0.6 is 11.3 Å². The maximum absolute atomic E-state index is 12.1. The second-order valence-corrected chi connectivity index (χ2v) is 8.38. The summed E-state index contributed by atoms with van der Waals surface area (Å²) in [6.07, 6.45) is 3.27. The fourth-order valence-electron chi connectivity index (χ4n) is 3.28. The third-order valence-electron chi connectivity index (χ3n) is 4.73. The normalized spacial score (nSPS) is 23.6. The fraction of sp³-hybridized carbons (Fsp3) is 0.706. The lowest BCUT2D eigenvalue weighted by Gasteiger charge is -2.34. The minimum atomic E-state index is -0.406. The van der Waals surface area contributed by atoms with E-state index in [0.29, 0.717) is 11.5 Å². The summed E-state index contributed by atoms with van der Waals surface area (Å²) in [6.45, 7) is 8.37. The maximum Gasteiger partial charge on any atom is 0.410 e. The number of amides is 1. The smallest absolute Gasteiger partial charge is 0.410 e. The summed E-state index contributed by atoms with van der Waals surface area (Å²) in [4.78, 5) is 14.0. The van der Waals surface area contributed by atoms with Crippen molar-refractivity contribution in [2.75, 3.05) is 13.1 Å². The Morgan fingerprint density at radius 3 is 2.77 bits per heavy atom. The average molecular weight is 322 g/mol. The Morgan fingerprint density at radius 2 is 2.18 bits per heavy atom. The predicted molar refractivity (Wildman–Crippen MR) is 89.0 cm³/mol. The van der Waals surface area contributed by atoms with Crippen molar-refractivity contribution in [3.63, 3.8) is 0 Å². The van der Waals surface area contributed by atoms with E-state index >= 15 is 0 Å². The lowest BCUT2D eigenvalue weighted by molar-refractivity contribution is 0.0168. The molecule has 1 amide bonds. The number of rotatable bonds is 3. The van der Waals surface area contributed by atoms with Crippen LogP contribution in [0.3, 0.4) is 0 Å². The van der Waals surface area contributed by atoms with Gasteiger partial charge in [-0.3, -0.25) is 0 Å². The van der Waals surface area contributed by atoms with Crippen molar-refractivity contribution in [2.24, 2.45) is 5.41 Å². The molecule has 0 unspecified atom stereocenters. The van der Waals surface area contributed by atoms with Gasteiger partial charge >= 0.3 is 6.09 Å². The number of piperidine rings is 1. The summed E-state index contributed by atoms with van der Waals surface area (Å²) in [5.41, 5.74) is 1.39. The van der Waals surface area contributed by atoms with Crippen LogP contribution in [0.2, 0.25) is 0 Å². The Kier molecular flexibility index (Phi) is 4.21. The summed E-state index contributed by atoms with van der Waals surface area (Å²) in [6, 6.07) is 2.80. The standard InChI is InChI=1S/C17H26N2O2S/c1-16(2,3)21-15(20)19-7-5-17(6-8-19)10-14(17)18-11-13-4-9-22-12-13/h4,9,12,14,18H,5-8,10-11H2,1-3H3/t14-/m1/s1. The molecular formula is C17H26N2O2S. The predicted octanol–water partition coefficient (Wildman–Crippen LogP) is 3.63. The number of nitrogens with zero attached hydrogens (tertiary/aromatic N) is 1. The van der Waals surface area contributed by atoms with Gasteiger partial charge in [-0.25, -0.2) is 4.79 Å². The number of likely N-dealkylation sites (tertiary alicyclic amines) is 1. The molecule has 4 nitrogen and oxygen atoms in total. The molecule has 1 N–H and O–H groups in total. The molecule has 0 radical (unpaired) electrons. The van der Waals surface area contributed by atoms with Gasteiger partial charge in [-0.1, -0.05) is 0 Å². The van der Waals surface area contributed by atoms with E-state index in [1.54, 1.807) is 11.3 Å². The number of hydrogen-bond donors (Lipinski definition) is 1. The number of thiophene rings is 1. The van der Waals surface area contributed by atoms with E-state index in [1.165, 1.54) is 12.0 Å². The van der Waals surface area contributed by atoms with Crippen LogP contribution in [0.25, 0.3) is 0 Å². The number of hydrogen-bond acceptors (Lipinski definition) is 4. The van der Waals surface area contributed by atoms with Gasteiger partial charge in [0.2, 0.25) is 0 Å². The van der Waals surface area contributed by atoms with Crippen LogP contribution in [0, 0.1) is 5.41 Å². The van der Waals surface area contributed by atoms with Crippen molar-refractivity contribution in [1.29, 1.82) is 0 Å². The highest BCUT2D eigenvalue weighted by molar-refractivity contribution is 7.07. The number of ether oxygens (including phenoxy) is 1. The quantitative estimate of drug-likeness (QED) is 0.924. The number of carbonyl (C=O) groups excluding carboxylic acids is 1. The summed E-state index contributed by atoms with van der Waals surface area (Å²) in [7, 11) is 0. The third-order valence-corrected chi connectivity index (χ3v) is 5.47. The zero-order chi connectivity index (χ0) is 15.8. The Bertz CT molecular complexity index is 513. The molecule has 0 aromatic carbocycles. The van der Waals surface area contributed by atoms with Crippen molar-refractivity contribution in [3.05, 3.63) is 22.4 Å². The van der Waals surface area contributed by atoms with Crippen LogP contribution in [0.5, 0.6) is 0 Å². The minimum absolute atomic E-state index is 0.161. The molecule has 1 aliphatic carbocycles. The molecule has 2 fully saturated rings. The zero-order valence-corrected chi connectivity index (χ0v) is 14.5. The third kappa shape index (κ3) is 3.63. The van der Waals surface area contributed by atoms with Crippen molar-refractivity contribution >= 4 is 17.4 Å². The van der Waals surface area contributed by atoms with Crippen LogP contribution in [0.4, 0.5) is 4.79 Å². The number of nitrogens with one attached hydrogen (secondary N) is 1. The first-order valence-corrected chi connectivity index (χ1v) is 9.05. The van der Waals surface area contributed by atoms with Gasteiger partial charge in [-0.2, -0.15) is 11.3 Å². The van der Waals surface area contributed by atoms with Crippen molar-refractivity contribution in [3.8, 4) is 0 Å². The molecule has 1 aromatic heterocycles. The minimum Gasteiger partial charge on any atom is -0.444 e. The summed E-state index contributed by atoms with van der Waals surface area (Å²) in [5.74, 6) is 0. The largest absolute Gasteiger partial charge is 0.444 e. The second kappa shape index (κ2) is 5.85. The molecule has 2 heterocycles. The molecular weight excluding hydrogens is 296 g/mol. The molecule has 22 heavy (non-hydrogen) atoms. The molecule has 3 rings (SSSR count). The van der Waals surface area contributed by atoms with E-state index in [0.717, 1.165) is 32.5 Å². The molecule has 1 aromatic rings. The van der Waals surface area contributed by atoms with Gasteiger partial charge in [0.05, 0.1) is 0 Å². The van der Waals surface area contributed by atoms with Gasteiger partial charge in [0.1, 0.15) is 5.60 Å². The average Bonchev–Trinajstić information content (AvgIpc) is 2.86. The molecule has 1 aliphatic heterocycles. The Balaban J connectivity index is 1.43. The highest BCUT2D eigenvalue weighted by Gasteiger charge is 2.55. The van der Waals surface area contributed by atoms with E-state index in [1.807, 2.05) is 25.7 Å². The van der Waals surface area contributed by atoms with Crippen LogP contribution in [0.1, 0.15) is 45.6 Å². The molecule has 2 aliphatic rings. The highest BCUT2D eigenvalue weighted by atomic mass is 32.1. The maximum atomic E-state index is 12.1. The summed E-state index contributed by atoms with van der Waals surface area (Å²) in [5, 5.41) is 8.00. The van der Waals surface area contributed by atoms with Crippen LogP contribution in [0.15, 0.2) is 16.8 Å². The molecule has 5 heteroatoms. The van der Waals surface area contributed by atoms with Gasteiger partial charge in [0.25, 0.3) is 0 Å². The van der Waals surface area contributed by atoms with E-state index in [9.17, 15) is 4.79 Å². The SMILES string of the molecule is CC(C)(C)OC(=O)N1CCC2(CC1)C[C@H]2NCc1ccsc1. The Labute approximate surface area is 136 Å². The Morgan fingerprint density at radius 1 is 1.45 bits per heavy atom.